The van der Waals surface area contributed by atoms with E-state index in [1.54, 1.807) is 24.3 Å². The van der Waals surface area contributed by atoms with Gasteiger partial charge >= 0.3 is 0 Å². The Bertz CT molecular complexity index is 907. The summed E-state index contributed by atoms with van der Waals surface area (Å²) in [5.74, 6) is -0.187. The number of carbonyl (C=O) groups is 1. The molecule has 0 radical (unpaired) electrons. The van der Waals surface area contributed by atoms with Crippen LogP contribution >= 0.6 is 0 Å². The highest BCUT2D eigenvalue weighted by Crippen LogP contribution is 2.24. The van der Waals surface area contributed by atoms with Gasteiger partial charge < -0.3 is 5.32 Å². The molecule has 2 aromatic rings. The topological polar surface area (TPSA) is 66.5 Å². The van der Waals surface area contributed by atoms with Gasteiger partial charge in [0.1, 0.15) is 0 Å². The average molecular weight is 358 g/mol. The Labute approximate surface area is 148 Å². The number of nitrogens with zero attached hydrogens (tertiary/aromatic N) is 1. The Balaban J connectivity index is 1.79. The molecule has 1 amide bonds. The van der Waals surface area contributed by atoms with E-state index >= 15 is 0 Å². The van der Waals surface area contributed by atoms with Gasteiger partial charge in [-0.2, -0.15) is 0 Å². The van der Waals surface area contributed by atoms with Crippen molar-refractivity contribution in [1.82, 2.24) is 0 Å². The third-order valence-corrected chi connectivity index (χ3v) is 5.78. The Hall–Kier alpha value is -2.34. The molecule has 25 heavy (non-hydrogen) atoms. The minimum Gasteiger partial charge on any atom is -0.322 e. The van der Waals surface area contributed by atoms with E-state index in [4.69, 9.17) is 0 Å². The standard InChI is InChI=1S/C19H22N2O3S/c1-21(25(2,23)24)18-9-5-8-17(13-18)20-19(22)16-11-10-14-6-3-4-7-15(14)12-16/h5,8-13H,3-4,6-7H2,1-2H3,(H,20,22). The predicted octanol–water partition coefficient (Wildman–Crippen LogP) is 3.21. The Morgan fingerprint density at radius 2 is 1.76 bits per heavy atom. The molecule has 0 bridgehead atoms. The maximum absolute atomic E-state index is 12.5. The van der Waals surface area contributed by atoms with Gasteiger partial charge in [-0.15, -0.1) is 0 Å². The molecule has 0 saturated heterocycles. The molecule has 1 aliphatic rings. The second kappa shape index (κ2) is 6.88. The summed E-state index contributed by atoms with van der Waals surface area (Å²) < 4.78 is 24.5. The third-order valence-electron chi connectivity index (χ3n) is 4.58. The number of hydrogen-bond donors (Lipinski definition) is 1. The van der Waals surface area contributed by atoms with Gasteiger partial charge in [-0.25, -0.2) is 8.42 Å². The lowest BCUT2D eigenvalue weighted by Gasteiger charge is -2.18. The molecule has 0 fully saturated rings. The lowest BCUT2D eigenvalue weighted by molar-refractivity contribution is 0.102. The van der Waals surface area contributed by atoms with Crippen molar-refractivity contribution in [2.45, 2.75) is 25.7 Å². The van der Waals surface area contributed by atoms with Crippen LogP contribution in [0.15, 0.2) is 42.5 Å². The summed E-state index contributed by atoms with van der Waals surface area (Å²) in [7, 11) is -1.86. The summed E-state index contributed by atoms with van der Waals surface area (Å²) in [6.07, 6.45) is 5.62. The van der Waals surface area contributed by atoms with Crippen LogP contribution in [0.5, 0.6) is 0 Å². The summed E-state index contributed by atoms with van der Waals surface area (Å²) in [5.41, 5.74) is 4.29. The van der Waals surface area contributed by atoms with E-state index in [9.17, 15) is 13.2 Å². The number of aryl methyl sites for hydroxylation is 2. The Kier molecular flexibility index (Phi) is 4.81. The number of fused-ring (bicyclic) bond motifs is 1. The SMILES string of the molecule is CN(c1cccc(NC(=O)c2ccc3c(c2)CCCC3)c1)S(C)(=O)=O. The summed E-state index contributed by atoms with van der Waals surface area (Å²) in [6.45, 7) is 0. The van der Waals surface area contributed by atoms with Crippen LogP contribution in [0.25, 0.3) is 0 Å². The third kappa shape index (κ3) is 4.02. The number of sulfonamides is 1. The van der Waals surface area contributed by atoms with Gasteiger partial charge in [0.2, 0.25) is 10.0 Å². The first-order valence-electron chi connectivity index (χ1n) is 8.32. The van der Waals surface area contributed by atoms with Crippen molar-refractivity contribution >= 4 is 27.3 Å². The van der Waals surface area contributed by atoms with Gasteiger partial charge in [0.25, 0.3) is 5.91 Å². The van der Waals surface area contributed by atoms with E-state index in [1.807, 2.05) is 18.2 Å². The maximum Gasteiger partial charge on any atom is 0.255 e. The van der Waals surface area contributed by atoms with Gasteiger partial charge in [0, 0.05) is 18.3 Å². The van der Waals surface area contributed by atoms with Crippen LogP contribution in [-0.4, -0.2) is 27.6 Å². The van der Waals surface area contributed by atoms with Crippen LogP contribution in [0.2, 0.25) is 0 Å². The van der Waals surface area contributed by atoms with E-state index in [2.05, 4.69) is 5.32 Å². The van der Waals surface area contributed by atoms with Crippen molar-refractivity contribution in [3.8, 4) is 0 Å². The number of carbonyl (C=O) groups excluding carboxylic acids is 1. The highest BCUT2D eigenvalue weighted by Gasteiger charge is 2.15. The number of amides is 1. The molecule has 3 rings (SSSR count). The molecule has 0 aliphatic heterocycles. The van der Waals surface area contributed by atoms with E-state index in [1.165, 1.54) is 28.9 Å². The number of rotatable bonds is 4. The molecule has 0 aromatic heterocycles. The minimum atomic E-state index is -3.34. The van der Waals surface area contributed by atoms with E-state index in [0.29, 0.717) is 16.9 Å². The van der Waals surface area contributed by atoms with E-state index in [-0.39, 0.29) is 5.91 Å². The van der Waals surface area contributed by atoms with Crippen LogP contribution in [0, 0.1) is 0 Å². The fourth-order valence-electron chi connectivity index (χ4n) is 3.05. The molecular weight excluding hydrogens is 336 g/mol. The molecule has 1 N–H and O–H groups in total. The quantitative estimate of drug-likeness (QED) is 0.913. The molecule has 0 spiro atoms. The zero-order chi connectivity index (χ0) is 18.0. The zero-order valence-corrected chi connectivity index (χ0v) is 15.3. The molecule has 0 heterocycles. The van der Waals surface area contributed by atoms with Gasteiger partial charge in [-0.3, -0.25) is 9.10 Å². The number of anilines is 2. The molecule has 1 aliphatic carbocycles. The van der Waals surface area contributed by atoms with E-state index < -0.39 is 10.0 Å². The average Bonchev–Trinajstić information content (AvgIpc) is 2.60. The van der Waals surface area contributed by atoms with Crippen molar-refractivity contribution in [3.63, 3.8) is 0 Å². The first-order valence-corrected chi connectivity index (χ1v) is 10.2. The molecule has 6 heteroatoms. The van der Waals surface area contributed by atoms with Crippen LogP contribution in [0.1, 0.15) is 34.3 Å². The second-order valence-corrected chi connectivity index (χ2v) is 8.44. The van der Waals surface area contributed by atoms with Crippen molar-refractivity contribution in [3.05, 3.63) is 59.2 Å². The monoisotopic (exact) mass is 358 g/mol. The first-order chi connectivity index (χ1) is 11.8. The van der Waals surface area contributed by atoms with Gasteiger partial charge in [0.05, 0.1) is 11.9 Å². The Morgan fingerprint density at radius 3 is 2.48 bits per heavy atom. The molecule has 2 aromatic carbocycles. The van der Waals surface area contributed by atoms with Gasteiger partial charge in [0.15, 0.2) is 0 Å². The van der Waals surface area contributed by atoms with Crippen molar-refractivity contribution < 1.29 is 13.2 Å². The predicted molar refractivity (Wildman–Crippen MR) is 101 cm³/mol. The van der Waals surface area contributed by atoms with Crippen LogP contribution in [0.3, 0.4) is 0 Å². The van der Waals surface area contributed by atoms with Gasteiger partial charge in [-0.05, 0) is 67.1 Å². The van der Waals surface area contributed by atoms with Crippen LogP contribution in [-0.2, 0) is 22.9 Å². The molecule has 132 valence electrons. The fraction of sp³-hybridized carbons (Fsp3) is 0.316. The van der Waals surface area contributed by atoms with Crippen LogP contribution in [0.4, 0.5) is 11.4 Å². The van der Waals surface area contributed by atoms with E-state index in [0.717, 1.165) is 25.5 Å². The molecular formula is C19H22N2O3S. The second-order valence-electron chi connectivity index (χ2n) is 6.43. The molecule has 0 atom stereocenters. The number of benzene rings is 2. The lowest BCUT2D eigenvalue weighted by atomic mass is 9.90. The number of hydrogen-bond acceptors (Lipinski definition) is 3. The maximum atomic E-state index is 12.5. The fourth-order valence-corrected chi connectivity index (χ4v) is 3.55. The lowest BCUT2D eigenvalue weighted by Crippen LogP contribution is -2.24. The minimum absolute atomic E-state index is 0.187. The molecule has 0 unspecified atom stereocenters. The molecule has 5 nitrogen and oxygen atoms in total. The van der Waals surface area contributed by atoms with Crippen molar-refractivity contribution in [1.29, 1.82) is 0 Å². The van der Waals surface area contributed by atoms with Crippen molar-refractivity contribution in [2.24, 2.45) is 0 Å². The zero-order valence-electron chi connectivity index (χ0n) is 14.5. The Morgan fingerprint density at radius 1 is 1.04 bits per heavy atom. The van der Waals surface area contributed by atoms with Crippen molar-refractivity contribution in [2.75, 3.05) is 22.9 Å². The summed E-state index contributed by atoms with van der Waals surface area (Å²) >= 11 is 0. The normalized spacial score (nSPS) is 13.8. The summed E-state index contributed by atoms with van der Waals surface area (Å²) in [6, 6.07) is 12.7. The smallest absolute Gasteiger partial charge is 0.255 e. The summed E-state index contributed by atoms with van der Waals surface area (Å²) in [4.78, 5) is 12.5. The van der Waals surface area contributed by atoms with Crippen LogP contribution < -0.4 is 9.62 Å². The number of nitrogens with one attached hydrogen (secondary N) is 1. The first kappa shape index (κ1) is 17.5. The highest BCUT2D eigenvalue weighted by atomic mass is 32.2. The van der Waals surface area contributed by atoms with Gasteiger partial charge in [-0.1, -0.05) is 12.1 Å². The highest BCUT2D eigenvalue weighted by molar-refractivity contribution is 7.92. The largest absolute Gasteiger partial charge is 0.322 e. The molecule has 0 saturated carbocycles. The summed E-state index contributed by atoms with van der Waals surface area (Å²) in [5, 5.41) is 2.85.